The van der Waals surface area contributed by atoms with Gasteiger partial charge in [-0.3, -0.25) is 14.7 Å². The van der Waals surface area contributed by atoms with Crippen molar-refractivity contribution in [1.29, 1.82) is 0 Å². The Labute approximate surface area is 201 Å². The Morgan fingerprint density at radius 1 is 1.06 bits per heavy atom. The Bertz CT molecular complexity index is 1250. The van der Waals surface area contributed by atoms with Crippen LogP contribution in [-0.2, 0) is 6.54 Å². The van der Waals surface area contributed by atoms with Crippen LogP contribution >= 0.6 is 47.8 Å². The molecular formula is C19H14Cl3F2N5O2S. The molecule has 4 aromatic rings. The van der Waals surface area contributed by atoms with E-state index < -0.39 is 23.4 Å². The molecule has 2 heterocycles. The third kappa shape index (κ3) is 5.52. The minimum absolute atomic E-state index is 0. The highest BCUT2D eigenvalue weighted by Crippen LogP contribution is 2.22. The number of nitrogens with one attached hydrogen (secondary N) is 3. The molecule has 0 aliphatic carbocycles. The van der Waals surface area contributed by atoms with Crippen LogP contribution in [0.3, 0.4) is 0 Å². The largest absolute Gasteiger partial charge is 0.344 e. The number of H-pyrrole nitrogens is 1. The summed E-state index contributed by atoms with van der Waals surface area (Å²) in [6.45, 7) is 0.226. The Morgan fingerprint density at radius 2 is 1.78 bits per heavy atom. The second-order valence-corrected chi connectivity index (χ2v) is 7.65. The number of carbonyl (C=O) groups is 2. The van der Waals surface area contributed by atoms with Gasteiger partial charge in [-0.05, 0) is 24.3 Å². The maximum atomic E-state index is 13.4. The number of benzene rings is 2. The van der Waals surface area contributed by atoms with Crippen LogP contribution < -0.4 is 10.6 Å². The molecule has 0 fully saturated rings. The molecule has 2 aromatic heterocycles. The minimum atomic E-state index is -1.21. The van der Waals surface area contributed by atoms with Crippen molar-refractivity contribution in [3.05, 3.63) is 75.4 Å². The van der Waals surface area contributed by atoms with Gasteiger partial charge in [0.25, 0.3) is 11.8 Å². The molecule has 0 unspecified atom stereocenters. The van der Waals surface area contributed by atoms with E-state index in [0.29, 0.717) is 12.1 Å². The summed E-state index contributed by atoms with van der Waals surface area (Å²) in [4.78, 5) is 29.0. The van der Waals surface area contributed by atoms with Gasteiger partial charge >= 0.3 is 0 Å². The molecule has 2 amide bonds. The predicted molar refractivity (Wildman–Crippen MR) is 123 cm³/mol. The van der Waals surface area contributed by atoms with E-state index >= 15 is 0 Å². The summed E-state index contributed by atoms with van der Waals surface area (Å²) in [6.07, 6.45) is 0. The second-order valence-electron chi connectivity index (χ2n) is 6.13. The zero-order chi connectivity index (χ0) is 21.3. The Morgan fingerprint density at radius 3 is 2.53 bits per heavy atom. The van der Waals surface area contributed by atoms with Gasteiger partial charge in [-0.1, -0.05) is 23.7 Å². The van der Waals surface area contributed by atoms with E-state index in [-0.39, 0.29) is 53.5 Å². The number of amides is 2. The quantitative estimate of drug-likeness (QED) is 0.323. The zero-order valence-corrected chi connectivity index (χ0v) is 19.0. The highest BCUT2D eigenvalue weighted by molar-refractivity contribution is 7.18. The van der Waals surface area contributed by atoms with E-state index in [1.165, 1.54) is 17.4 Å². The highest BCUT2D eigenvalue weighted by atomic mass is 35.5. The van der Waals surface area contributed by atoms with Crippen LogP contribution in [0.1, 0.15) is 25.9 Å². The van der Waals surface area contributed by atoms with Crippen molar-refractivity contribution >= 4 is 75.6 Å². The number of aromatic amines is 1. The van der Waals surface area contributed by atoms with E-state index in [0.717, 1.165) is 15.2 Å². The predicted octanol–water partition coefficient (Wildman–Crippen LogP) is 4.98. The summed E-state index contributed by atoms with van der Waals surface area (Å²) in [6, 6.07) is 10.3. The average Bonchev–Trinajstić information content (AvgIpc) is 3.35. The Kier molecular flexibility index (Phi) is 8.51. The second kappa shape index (κ2) is 10.7. The minimum Gasteiger partial charge on any atom is -0.344 e. The molecule has 0 aliphatic heterocycles. The zero-order valence-electron chi connectivity index (χ0n) is 15.8. The molecule has 0 spiro atoms. The first-order valence-electron chi connectivity index (χ1n) is 8.54. The molecule has 7 nitrogen and oxygen atoms in total. The van der Waals surface area contributed by atoms with E-state index in [4.69, 9.17) is 11.6 Å². The molecule has 0 bridgehead atoms. The topological polar surface area (TPSA) is 99.8 Å². The fourth-order valence-electron chi connectivity index (χ4n) is 2.63. The lowest BCUT2D eigenvalue weighted by atomic mass is 10.2. The number of nitrogens with zero attached hydrogens (tertiary/aromatic N) is 2. The summed E-state index contributed by atoms with van der Waals surface area (Å²) in [7, 11) is 0. The number of hydrogen-bond donors (Lipinski definition) is 3. The van der Waals surface area contributed by atoms with Crippen LogP contribution in [0.5, 0.6) is 0 Å². The van der Waals surface area contributed by atoms with Crippen LogP contribution in [0.2, 0.25) is 5.02 Å². The third-order valence-corrected chi connectivity index (χ3v) is 5.41. The molecule has 13 heteroatoms. The van der Waals surface area contributed by atoms with Gasteiger partial charge in [0.15, 0.2) is 17.5 Å². The van der Waals surface area contributed by atoms with Crippen molar-refractivity contribution in [2.24, 2.45) is 0 Å². The lowest BCUT2D eigenvalue weighted by Crippen LogP contribution is -2.23. The normalized spacial score (nSPS) is 10.2. The van der Waals surface area contributed by atoms with Crippen LogP contribution in [0, 0.1) is 11.6 Å². The van der Waals surface area contributed by atoms with Crippen molar-refractivity contribution in [1.82, 2.24) is 20.5 Å². The molecule has 0 saturated heterocycles. The fraction of sp³-hybridized carbons (Fsp3) is 0.0526. The molecular weight excluding hydrogens is 507 g/mol. The van der Waals surface area contributed by atoms with Crippen molar-refractivity contribution in [3.63, 3.8) is 0 Å². The summed E-state index contributed by atoms with van der Waals surface area (Å²) >= 11 is 7.25. The highest BCUT2D eigenvalue weighted by Gasteiger charge is 2.17. The molecule has 2 aromatic carbocycles. The number of rotatable bonds is 5. The number of carbonyl (C=O) groups excluding carboxylic acids is 2. The molecule has 0 atom stereocenters. The van der Waals surface area contributed by atoms with Crippen LogP contribution in [-0.4, -0.2) is 27.0 Å². The van der Waals surface area contributed by atoms with E-state index in [9.17, 15) is 18.4 Å². The third-order valence-electron chi connectivity index (χ3n) is 4.06. The molecule has 3 N–H and O–H groups in total. The van der Waals surface area contributed by atoms with Gasteiger partial charge < -0.3 is 10.6 Å². The van der Waals surface area contributed by atoms with Gasteiger partial charge in [-0.2, -0.15) is 5.10 Å². The van der Waals surface area contributed by atoms with Gasteiger partial charge in [-0.15, -0.1) is 36.2 Å². The summed E-state index contributed by atoms with van der Waals surface area (Å²) in [5, 5.41) is 11.9. The van der Waals surface area contributed by atoms with Crippen molar-refractivity contribution < 1.29 is 18.4 Å². The van der Waals surface area contributed by atoms with E-state index in [1.54, 1.807) is 0 Å². The number of para-hydroxylation sites is 1. The smallest absolute Gasteiger partial charge is 0.269 e. The van der Waals surface area contributed by atoms with Gasteiger partial charge in [0.1, 0.15) is 10.7 Å². The molecule has 4 rings (SSSR count). The molecule has 32 heavy (non-hydrogen) atoms. The number of hydrogen-bond acceptors (Lipinski definition) is 5. The van der Waals surface area contributed by atoms with E-state index in [1.807, 2.05) is 24.3 Å². The molecule has 0 aliphatic rings. The number of fused-ring (bicyclic) bond motifs is 1. The lowest BCUT2D eigenvalue weighted by Gasteiger charge is -2.05. The number of halogens is 5. The van der Waals surface area contributed by atoms with E-state index in [2.05, 4.69) is 25.8 Å². The fourth-order valence-corrected chi connectivity index (χ4v) is 3.77. The Balaban J connectivity index is 0.00000181. The molecule has 0 saturated carbocycles. The van der Waals surface area contributed by atoms with Crippen LogP contribution in [0.15, 0.2) is 42.5 Å². The molecule has 168 valence electrons. The summed E-state index contributed by atoms with van der Waals surface area (Å²) in [5.74, 6) is -3.60. The van der Waals surface area contributed by atoms with Gasteiger partial charge in [0.2, 0.25) is 0 Å². The maximum Gasteiger partial charge on any atom is 0.269 e. The Hall–Kier alpha value is -2.79. The van der Waals surface area contributed by atoms with Crippen molar-refractivity contribution in [2.45, 2.75) is 6.54 Å². The lowest BCUT2D eigenvalue weighted by molar-refractivity contribution is 0.0945. The van der Waals surface area contributed by atoms with Gasteiger partial charge in [-0.25, -0.2) is 13.8 Å². The van der Waals surface area contributed by atoms with Crippen molar-refractivity contribution in [2.75, 3.05) is 5.32 Å². The first kappa shape index (κ1) is 25.5. The maximum absolute atomic E-state index is 13.4. The van der Waals surface area contributed by atoms with Gasteiger partial charge in [0, 0.05) is 6.07 Å². The number of anilines is 1. The monoisotopic (exact) mass is 519 g/mol. The van der Waals surface area contributed by atoms with Crippen molar-refractivity contribution in [3.8, 4) is 0 Å². The average molecular weight is 521 g/mol. The SMILES string of the molecule is Cl.Cl.O=C(NCc1nc2ccccc2s1)c1cc(NC(=O)c2cc(F)c(F)cc2Cl)n[nH]1. The first-order valence-corrected chi connectivity index (χ1v) is 9.74. The first-order chi connectivity index (χ1) is 14.4. The number of aromatic nitrogens is 3. The number of thiazole rings is 1. The van der Waals surface area contributed by atoms with Gasteiger partial charge in [0.05, 0.1) is 27.3 Å². The van der Waals surface area contributed by atoms with Crippen LogP contribution in [0.4, 0.5) is 14.6 Å². The van der Waals surface area contributed by atoms with Crippen LogP contribution in [0.25, 0.3) is 10.2 Å². The summed E-state index contributed by atoms with van der Waals surface area (Å²) in [5.41, 5.74) is 0.692. The standard InChI is InChI=1S/C19H12ClF2N5O2S.2ClH/c20-10-6-12(22)11(21)5-9(10)18(28)25-16-7-14(26-27-16)19(29)23-8-17-24-13-3-1-2-4-15(13)30-17;;/h1-7H,8H2,(H,23,29)(H2,25,26,27,28);2*1H. The molecule has 0 radical (unpaired) electrons. The summed E-state index contributed by atoms with van der Waals surface area (Å²) < 4.78 is 27.5.